The van der Waals surface area contributed by atoms with Gasteiger partial charge in [0.2, 0.25) is 0 Å². The van der Waals surface area contributed by atoms with Gasteiger partial charge in [0.05, 0.1) is 11.9 Å². The Morgan fingerprint density at radius 1 is 1.38 bits per heavy atom. The molecule has 6 nitrogen and oxygen atoms in total. The van der Waals surface area contributed by atoms with E-state index in [0.29, 0.717) is 23.0 Å². The van der Waals surface area contributed by atoms with Crippen LogP contribution in [0.2, 0.25) is 0 Å². The van der Waals surface area contributed by atoms with Crippen LogP contribution in [0, 0.1) is 6.92 Å². The average molecular weight is 328 g/mol. The number of sulfonamides is 1. The van der Waals surface area contributed by atoms with E-state index in [1.54, 1.807) is 16.9 Å². The average Bonchev–Trinajstić information content (AvgIpc) is 3.03. The van der Waals surface area contributed by atoms with Crippen molar-refractivity contribution in [1.82, 2.24) is 15.1 Å². The molecule has 2 aromatic rings. The van der Waals surface area contributed by atoms with Crippen molar-refractivity contribution in [3.8, 4) is 0 Å². The minimum absolute atomic E-state index is 0.331. The molecule has 2 aromatic heterocycles. The zero-order valence-electron chi connectivity index (χ0n) is 12.4. The lowest BCUT2D eigenvalue weighted by molar-refractivity contribution is 0.603. The summed E-state index contributed by atoms with van der Waals surface area (Å²) in [7, 11) is -3.55. The normalized spacial score (nSPS) is 11.8. The minimum atomic E-state index is -3.55. The Balaban J connectivity index is 2.19. The van der Waals surface area contributed by atoms with Gasteiger partial charge in [-0.15, -0.1) is 11.3 Å². The van der Waals surface area contributed by atoms with Gasteiger partial charge in [0, 0.05) is 24.2 Å². The quantitative estimate of drug-likeness (QED) is 0.817. The van der Waals surface area contributed by atoms with Gasteiger partial charge in [-0.05, 0) is 32.0 Å². The summed E-state index contributed by atoms with van der Waals surface area (Å²) in [6.07, 6.45) is 3.19. The SMILES string of the molecule is CCNCc1sc(S(=O)(=O)Nc2cnn(CC)c2)cc1C. The van der Waals surface area contributed by atoms with Gasteiger partial charge >= 0.3 is 0 Å². The van der Waals surface area contributed by atoms with Crippen molar-refractivity contribution in [2.45, 2.75) is 38.1 Å². The smallest absolute Gasteiger partial charge is 0.271 e. The summed E-state index contributed by atoms with van der Waals surface area (Å²) in [6.45, 7) is 8.14. The van der Waals surface area contributed by atoms with Gasteiger partial charge < -0.3 is 5.32 Å². The van der Waals surface area contributed by atoms with Crippen LogP contribution in [0.5, 0.6) is 0 Å². The van der Waals surface area contributed by atoms with Crippen molar-refractivity contribution >= 4 is 27.0 Å². The third-order valence-electron chi connectivity index (χ3n) is 3.01. The molecule has 0 saturated carbocycles. The van der Waals surface area contributed by atoms with E-state index in [1.165, 1.54) is 17.5 Å². The minimum Gasteiger partial charge on any atom is -0.312 e. The molecule has 0 aromatic carbocycles. The Morgan fingerprint density at radius 3 is 2.76 bits per heavy atom. The Labute approximate surface area is 129 Å². The molecule has 0 amide bonds. The lowest BCUT2D eigenvalue weighted by Crippen LogP contribution is -2.11. The van der Waals surface area contributed by atoms with Gasteiger partial charge in [-0.1, -0.05) is 6.92 Å². The summed E-state index contributed by atoms with van der Waals surface area (Å²) in [5.41, 5.74) is 1.47. The van der Waals surface area contributed by atoms with E-state index in [0.717, 1.165) is 17.0 Å². The van der Waals surface area contributed by atoms with Gasteiger partial charge in [-0.2, -0.15) is 5.10 Å². The number of aromatic nitrogens is 2. The summed E-state index contributed by atoms with van der Waals surface area (Å²) in [4.78, 5) is 1.04. The van der Waals surface area contributed by atoms with E-state index in [4.69, 9.17) is 0 Å². The Kier molecular flexibility index (Phi) is 5.02. The van der Waals surface area contributed by atoms with Gasteiger partial charge in [0.1, 0.15) is 4.21 Å². The molecule has 2 rings (SSSR count). The van der Waals surface area contributed by atoms with E-state index >= 15 is 0 Å². The Hall–Kier alpha value is -1.38. The zero-order valence-corrected chi connectivity index (χ0v) is 14.0. The number of hydrogen-bond acceptors (Lipinski definition) is 5. The van der Waals surface area contributed by atoms with Gasteiger partial charge in [0.15, 0.2) is 0 Å². The molecule has 0 saturated heterocycles. The number of anilines is 1. The van der Waals surface area contributed by atoms with Crippen LogP contribution < -0.4 is 10.0 Å². The first-order chi connectivity index (χ1) is 9.96. The van der Waals surface area contributed by atoms with Gasteiger partial charge in [0.25, 0.3) is 10.0 Å². The van der Waals surface area contributed by atoms with Crippen LogP contribution in [0.3, 0.4) is 0 Å². The lowest BCUT2D eigenvalue weighted by atomic mass is 10.3. The second-order valence-corrected chi connectivity index (χ2v) is 7.69. The maximum absolute atomic E-state index is 12.4. The second-order valence-electron chi connectivity index (χ2n) is 4.64. The predicted molar refractivity (Wildman–Crippen MR) is 85.1 cm³/mol. The molecule has 0 bridgehead atoms. The first kappa shape index (κ1) is 16.0. The van der Waals surface area contributed by atoms with E-state index < -0.39 is 10.0 Å². The Morgan fingerprint density at radius 2 is 2.14 bits per heavy atom. The van der Waals surface area contributed by atoms with Gasteiger partial charge in [-0.3, -0.25) is 9.40 Å². The number of thiophene rings is 1. The molecular weight excluding hydrogens is 308 g/mol. The molecule has 0 aliphatic carbocycles. The maximum Gasteiger partial charge on any atom is 0.271 e. The van der Waals surface area contributed by atoms with Gasteiger partial charge in [-0.25, -0.2) is 8.42 Å². The van der Waals surface area contributed by atoms with Crippen LogP contribution >= 0.6 is 11.3 Å². The maximum atomic E-state index is 12.4. The summed E-state index contributed by atoms with van der Waals surface area (Å²) in [5, 5.41) is 7.27. The summed E-state index contributed by atoms with van der Waals surface area (Å²) >= 11 is 1.30. The van der Waals surface area contributed by atoms with Crippen molar-refractivity contribution in [3.05, 3.63) is 28.9 Å². The summed E-state index contributed by atoms with van der Waals surface area (Å²) in [6, 6.07) is 1.71. The third kappa shape index (κ3) is 3.84. The fourth-order valence-electron chi connectivity index (χ4n) is 1.83. The van der Waals surface area contributed by atoms with E-state index in [-0.39, 0.29) is 0 Å². The van der Waals surface area contributed by atoms with Crippen molar-refractivity contribution in [3.63, 3.8) is 0 Å². The molecule has 21 heavy (non-hydrogen) atoms. The first-order valence-electron chi connectivity index (χ1n) is 6.81. The van der Waals surface area contributed by atoms with Crippen LogP contribution in [-0.2, 0) is 23.1 Å². The van der Waals surface area contributed by atoms with Crippen LogP contribution in [0.4, 0.5) is 5.69 Å². The molecule has 0 spiro atoms. The molecule has 0 aliphatic heterocycles. The number of rotatable bonds is 7. The lowest BCUT2D eigenvalue weighted by Gasteiger charge is -2.02. The highest BCUT2D eigenvalue weighted by Gasteiger charge is 2.19. The van der Waals surface area contributed by atoms with Crippen LogP contribution in [-0.4, -0.2) is 24.7 Å². The molecule has 8 heteroatoms. The van der Waals surface area contributed by atoms with E-state index in [2.05, 4.69) is 15.1 Å². The number of hydrogen-bond donors (Lipinski definition) is 2. The van der Waals surface area contributed by atoms with Crippen molar-refractivity contribution in [2.24, 2.45) is 0 Å². The molecule has 2 heterocycles. The Bertz CT molecular complexity index is 704. The van der Waals surface area contributed by atoms with Crippen molar-refractivity contribution < 1.29 is 8.42 Å². The van der Waals surface area contributed by atoms with Crippen LogP contribution in [0.1, 0.15) is 24.3 Å². The van der Waals surface area contributed by atoms with Crippen molar-refractivity contribution in [1.29, 1.82) is 0 Å². The third-order valence-corrected chi connectivity index (χ3v) is 6.10. The first-order valence-corrected chi connectivity index (χ1v) is 9.11. The largest absolute Gasteiger partial charge is 0.312 e. The molecule has 116 valence electrons. The standard InChI is InChI=1S/C13H20N4O2S2/c1-4-14-8-12-10(3)6-13(20-12)21(18,19)16-11-7-15-17(5-2)9-11/h6-7,9,14,16H,4-5,8H2,1-3H3. The predicted octanol–water partition coefficient (Wildman–Crippen LogP) is 2.18. The van der Waals surface area contributed by atoms with Crippen molar-refractivity contribution in [2.75, 3.05) is 11.3 Å². The zero-order chi connectivity index (χ0) is 15.5. The second kappa shape index (κ2) is 6.59. The topological polar surface area (TPSA) is 76.0 Å². The molecular formula is C13H20N4O2S2. The molecule has 0 aliphatic rings. The molecule has 0 atom stereocenters. The molecule has 0 fully saturated rings. The fraction of sp³-hybridized carbons (Fsp3) is 0.462. The number of nitrogens with one attached hydrogen (secondary N) is 2. The highest BCUT2D eigenvalue weighted by Crippen LogP contribution is 2.27. The van der Waals surface area contributed by atoms with Crippen LogP contribution in [0.25, 0.3) is 0 Å². The highest BCUT2D eigenvalue weighted by molar-refractivity contribution is 7.94. The fourth-order valence-corrected chi connectivity index (χ4v) is 4.42. The highest BCUT2D eigenvalue weighted by atomic mass is 32.2. The van der Waals surface area contributed by atoms with E-state index in [1.807, 2.05) is 20.8 Å². The molecule has 2 N–H and O–H groups in total. The van der Waals surface area contributed by atoms with E-state index in [9.17, 15) is 8.42 Å². The molecule has 0 radical (unpaired) electrons. The summed E-state index contributed by atoms with van der Waals surface area (Å²) < 4.78 is 29.3. The molecule has 0 unspecified atom stereocenters. The number of nitrogens with zero attached hydrogens (tertiary/aromatic N) is 2. The van der Waals surface area contributed by atoms with Crippen LogP contribution in [0.15, 0.2) is 22.7 Å². The monoisotopic (exact) mass is 328 g/mol. The number of aryl methyl sites for hydroxylation is 2. The summed E-state index contributed by atoms with van der Waals surface area (Å²) in [5.74, 6) is 0.